The van der Waals surface area contributed by atoms with Crippen molar-refractivity contribution in [2.24, 2.45) is 5.92 Å². The van der Waals surface area contributed by atoms with E-state index in [1.54, 1.807) is 11.9 Å². The van der Waals surface area contributed by atoms with Crippen molar-refractivity contribution in [2.75, 3.05) is 38.2 Å². The van der Waals surface area contributed by atoms with Crippen molar-refractivity contribution in [3.63, 3.8) is 0 Å². The van der Waals surface area contributed by atoms with Gasteiger partial charge in [0.1, 0.15) is 0 Å². The number of fused-ring (bicyclic) bond motifs is 1. The number of benzene rings is 2. The van der Waals surface area contributed by atoms with Gasteiger partial charge >= 0.3 is 0 Å². The van der Waals surface area contributed by atoms with Crippen LogP contribution in [0.3, 0.4) is 0 Å². The van der Waals surface area contributed by atoms with Gasteiger partial charge in [-0.1, -0.05) is 38.1 Å². The zero-order valence-electron chi connectivity index (χ0n) is 22.4. The average molecular weight is 543 g/mol. The summed E-state index contributed by atoms with van der Waals surface area (Å²) in [5.74, 6) is 1.22. The smallest absolute Gasteiger partial charge is 0.251 e. The molecule has 0 spiro atoms. The van der Waals surface area contributed by atoms with Gasteiger partial charge in [-0.15, -0.1) is 0 Å². The summed E-state index contributed by atoms with van der Waals surface area (Å²) in [5.41, 5.74) is 5.33. The Kier molecular flexibility index (Phi) is 7.54. The van der Waals surface area contributed by atoms with Crippen LogP contribution in [0.2, 0.25) is 0 Å². The molecule has 0 unspecified atom stereocenters. The average Bonchev–Trinajstić information content (AvgIpc) is 3.67. The molecular formula is C30H34N6O2S. The fraction of sp³-hybridized carbons (Fsp3) is 0.367. The summed E-state index contributed by atoms with van der Waals surface area (Å²) in [6, 6.07) is 16.6. The lowest BCUT2D eigenvalue weighted by Crippen LogP contribution is -2.30. The molecule has 2 N–H and O–H groups in total. The minimum absolute atomic E-state index is 0.0105. The third-order valence-corrected chi connectivity index (χ3v) is 7.95. The van der Waals surface area contributed by atoms with Crippen molar-refractivity contribution < 1.29 is 9.53 Å². The van der Waals surface area contributed by atoms with Crippen LogP contribution < -0.4 is 10.6 Å². The molecule has 1 aliphatic heterocycles. The van der Waals surface area contributed by atoms with E-state index < -0.39 is 0 Å². The van der Waals surface area contributed by atoms with E-state index in [-0.39, 0.29) is 5.91 Å². The molecule has 3 heterocycles. The molecular weight excluding hydrogens is 508 g/mol. The number of ether oxygens (including phenoxy) is 1. The lowest BCUT2D eigenvalue weighted by molar-refractivity contribution is 0.0773. The number of morpholine rings is 1. The molecule has 9 heteroatoms. The molecule has 0 radical (unpaired) electrons. The second-order valence-corrected chi connectivity index (χ2v) is 11.7. The Hall–Kier alpha value is -3.40. The van der Waals surface area contributed by atoms with Crippen LogP contribution in [-0.2, 0) is 4.74 Å². The van der Waals surface area contributed by atoms with E-state index >= 15 is 0 Å². The maximum atomic E-state index is 12.5. The number of carbonyl (C=O) groups is 1. The maximum absolute atomic E-state index is 12.5. The Morgan fingerprint density at radius 2 is 1.90 bits per heavy atom. The van der Waals surface area contributed by atoms with E-state index in [1.165, 1.54) is 4.90 Å². The summed E-state index contributed by atoms with van der Waals surface area (Å²) in [6.07, 6.45) is 6.09. The lowest BCUT2D eigenvalue weighted by Gasteiger charge is -2.25. The van der Waals surface area contributed by atoms with E-state index in [1.807, 2.05) is 30.5 Å². The van der Waals surface area contributed by atoms with E-state index in [4.69, 9.17) is 14.7 Å². The van der Waals surface area contributed by atoms with E-state index in [0.29, 0.717) is 17.5 Å². The van der Waals surface area contributed by atoms with Gasteiger partial charge in [-0.05, 0) is 55.0 Å². The molecule has 2 aromatic heterocycles. The summed E-state index contributed by atoms with van der Waals surface area (Å²) < 4.78 is 9.95. The predicted molar refractivity (Wildman–Crippen MR) is 156 cm³/mol. The van der Waals surface area contributed by atoms with Crippen molar-refractivity contribution in [1.29, 1.82) is 0 Å². The predicted octanol–water partition coefficient (Wildman–Crippen LogP) is 5.36. The minimum atomic E-state index is -0.0105. The van der Waals surface area contributed by atoms with Crippen molar-refractivity contribution >= 4 is 29.3 Å². The molecule has 2 fully saturated rings. The molecule has 1 amide bonds. The molecule has 1 aliphatic carbocycles. The van der Waals surface area contributed by atoms with Crippen LogP contribution in [0.25, 0.3) is 28.2 Å². The highest BCUT2D eigenvalue weighted by molar-refractivity contribution is 7.97. The van der Waals surface area contributed by atoms with Crippen LogP contribution in [0.5, 0.6) is 0 Å². The molecule has 8 nitrogen and oxygen atoms in total. The van der Waals surface area contributed by atoms with Crippen molar-refractivity contribution in [2.45, 2.75) is 37.6 Å². The van der Waals surface area contributed by atoms with Gasteiger partial charge in [0.2, 0.25) is 0 Å². The summed E-state index contributed by atoms with van der Waals surface area (Å²) in [7, 11) is 0. The normalized spacial score (nSPS) is 16.1. The monoisotopic (exact) mass is 542 g/mol. The Labute approximate surface area is 233 Å². The first-order valence-electron chi connectivity index (χ1n) is 13.7. The number of hydrogen-bond donors (Lipinski definition) is 2. The largest absolute Gasteiger partial charge is 0.379 e. The fourth-order valence-corrected chi connectivity index (χ4v) is 5.50. The standard InChI is InChI=1S/C30H34N6O2S/c1-20(2)17-31-28-29-32-18-27(21-6-8-22(9-7-21)30(37)33-24-10-11-24)36(29)19-26(34-28)23-4-3-5-25(16-23)39-35-12-14-38-15-13-35/h3-9,16,18-20,24H,10-15,17H2,1-2H3,(H,31,34)(H,33,37). The summed E-state index contributed by atoms with van der Waals surface area (Å²) in [6.45, 7) is 8.53. The SMILES string of the molecule is CC(C)CNc1nc(-c2cccc(SN3CCOCC3)c2)cn2c(-c3ccc(C(=O)NC4CC4)cc3)cnc12. The molecule has 1 saturated carbocycles. The second-order valence-electron chi connectivity index (χ2n) is 10.6. The molecule has 0 bridgehead atoms. The minimum Gasteiger partial charge on any atom is -0.379 e. The quantitative estimate of drug-likeness (QED) is 0.275. The van der Waals surface area contributed by atoms with Crippen LogP contribution in [-0.4, -0.2) is 63.5 Å². The van der Waals surface area contributed by atoms with Gasteiger partial charge < -0.3 is 15.4 Å². The number of hydrogen-bond acceptors (Lipinski definition) is 7. The van der Waals surface area contributed by atoms with Gasteiger partial charge in [0.05, 0.1) is 30.8 Å². The van der Waals surface area contributed by atoms with Crippen LogP contribution >= 0.6 is 11.9 Å². The van der Waals surface area contributed by atoms with Crippen molar-refractivity contribution in [3.05, 3.63) is 66.5 Å². The first kappa shape index (κ1) is 25.9. The fourth-order valence-electron chi connectivity index (χ4n) is 4.55. The molecule has 0 atom stereocenters. The molecule has 1 saturated heterocycles. The van der Waals surface area contributed by atoms with E-state index in [2.05, 4.69) is 63.6 Å². The molecule has 2 aliphatic rings. The van der Waals surface area contributed by atoms with E-state index in [9.17, 15) is 4.79 Å². The highest BCUT2D eigenvalue weighted by Crippen LogP contribution is 2.31. The number of nitrogens with one attached hydrogen (secondary N) is 2. The third-order valence-electron chi connectivity index (χ3n) is 6.86. The summed E-state index contributed by atoms with van der Waals surface area (Å²) in [4.78, 5) is 23.4. The molecule has 4 aromatic rings. The first-order valence-corrected chi connectivity index (χ1v) is 14.5. The zero-order chi connectivity index (χ0) is 26.8. The Morgan fingerprint density at radius 1 is 1.10 bits per heavy atom. The molecule has 6 rings (SSSR count). The van der Waals surface area contributed by atoms with Crippen molar-refractivity contribution in [1.82, 2.24) is 24.0 Å². The number of nitrogens with zero attached hydrogens (tertiary/aromatic N) is 4. The van der Waals surface area contributed by atoms with Crippen LogP contribution in [0.1, 0.15) is 37.0 Å². The Morgan fingerprint density at radius 3 is 2.64 bits per heavy atom. The van der Waals surface area contributed by atoms with Gasteiger partial charge in [0.25, 0.3) is 5.91 Å². The van der Waals surface area contributed by atoms with Gasteiger partial charge in [-0.25, -0.2) is 14.3 Å². The number of carbonyl (C=O) groups excluding carboxylic acids is 1. The van der Waals surface area contributed by atoms with Crippen LogP contribution in [0.15, 0.2) is 65.8 Å². The summed E-state index contributed by atoms with van der Waals surface area (Å²) in [5, 5.41) is 6.57. The number of imidazole rings is 1. The number of amides is 1. The second kappa shape index (κ2) is 11.4. The van der Waals surface area contributed by atoms with Gasteiger partial charge in [-0.3, -0.25) is 9.20 Å². The lowest BCUT2D eigenvalue weighted by atomic mass is 10.1. The van der Waals surface area contributed by atoms with Crippen molar-refractivity contribution in [3.8, 4) is 22.5 Å². The Balaban J connectivity index is 1.34. The van der Waals surface area contributed by atoms with Gasteiger partial charge in [0, 0.05) is 53.5 Å². The highest BCUT2D eigenvalue weighted by atomic mass is 32.2. The summed E-state index contributed by atoms with van der Waals surface area (Å²) >= 11 is 1.77. The topological polar surface area (TPSA) is 83.8 Å². The molecule has 202 valence electrons. The number of rotatable bonds is 9. The zero-order valence-corrected chi connectivity index (χ0v) is 23.2. The first-order chi connectivity index (χ1) is 19.0. The highest BCUT2D eigenvalue weighted by Gasteiger charge is 2.24. The van der Waals surface area contributed by atoms with Crippen LogP contribution in [0, 0.1) is 5.92 Å². The van der Waals surface area contributed by atoms with Gasteiger partial charge in [0.15, 0.2) is 11.5 Å². The maximum Gasteiger partial charge on any atom is 0.251 e. The molecule has 39 heavy (non-hydrogen) atoms. The molecule has 2 aromatic carbocycles. The third kappa shape index (κ3) is 6.11. The van der Waals surface area contributed by atoms with Crippen LogP contribution in [0.4, 0.5) is 5.82 Å². The Bertz CT molecular complexity index is 1460. The number of aromatic nitrogens is 3. The van der Waals surface area contributed by atoms with Gasteiger partial charge in [-0.2, -0.15) is 0 Å². The van der Waals surface area contributed by atoms with E-state index in [0.717, 1.165) is 79.7 Å². The number of anilines is 1.